The number of rotatable bonds is 7. The van der Waals surface area contributed by atoms with E-state index in [1.807, 2.05) is 11.9 Å². The lowest BCUT2D eigenvalue weighted by Crippen LogP contribution is -2.39. The third kappa shape index (κ3) is 6.05. The van der Waals surface area contributed by atoms with Crippen molar-refractivity contribution in [3.8, 4) is 0 Å². The molecule has 0 spiro atoms. The van der Waals surface area contributed by atoms with Crippen molar-refractivity contribution in [2.75, 3.05) is 33.2 Å². The number of hydrogen-bond donors (Lipinski definition) is 2. The van der Waals surface area contributed by atoms with E-state index in [0.717, 1.165) is 32.5 Å². The first-order valence-corrected chi connectivity index (χ1v) is 7.22. The summed E-state index contributed by atoms with van der Waals surface area (Å²) in [6.07, 6.45) is 2.43. The molecular formula is C14H27N3O2. The van der Waals surface area contributed by atoms with Crippen molar-refractivity contribution in [2.24, 2.45) is 11.8 Å². The fourth-order valence-electron chi connectivity index (χ4n) is 2.31. The fourth-order valence-corrected chi connectivity index (χ4v) is 2.31. The highest BCUT2D eigenvalue weighted by Crippen LogP contribution is 2.14. The van der Waals surface area contributed by atoms with Gasteiger partial charge in [0.2, 0.25) is 11.8 Å². The van der Waals surface area contributed by atoms with Gasteiger partial charge in [0, 0.05) is 19.5 Å². The molecule has 110 valence electrons. The second kappa shape index (κ2) is 8.15. The van der Waals surface area contributed by atoms with Crippen LogP contribution < -0.4 is 10.6 Å². The summed E-state index contributed by atoms with van der Waals surface area (Å²) in [6.45, 7) is 6.89. The minimum Gasteiger partial charge on any atom is -0.347 e. The molecule has 2 N–H and O–H groups in total. The molecule has 1 unspecified atom stereocenters. The number of nitrogens with one attached hydrogen (secondary N) is 2. The fraction of sp³-hybridized carbons (Fsp3) is 0.857. The summed E-state index contributed by atoms with van der Waals surface area (Å²) in [5.41, 5.74) is 0. The molecule has 1 saturated heterocycles. The third-order valence-electron chi connectivity index (χ3n) is 3.52. The topological polar surface area (TPSA) is 61.4 Å². The van der Waals surface area contributed by atoms with E-state index in [-0.39, 0.29) is 18.4 Å². The highest BCUT2D eigenvalue weighted by molar-refractivity contribution is 5.84. The number of nitrogens with zero attached hydrogens (tertiary/aromatic N) is 1. The highest BCUT2D eigenvalue weighted by Gasteiger charge is 2.25. The van der Waals surface area contributed by atoms with Crippen molar-refractivity contribution in [3.05, 3.63) is 0 Å². The molecule has 5 nitrogen and oxygen atoms in total. The van der Waals surface area contributed by atoms with E-state index >= 15 is 0 Å². The van der Waals surface area contributed by atoms with Crippen LogP contribution in [-0.2, 0) is 9.59 Å². The molecule has 1 aliphatic heterocycles. The average Bonchev–Trinajstić information content (AvgIpc) is 2.82. The van der Waals surface area contributed by atoms with Crippen LogP contribution in [0.5, 0.6) is 0 Å². The highest BCUT2D eigenvalue weighted by atomic mass is 16.2. The zero-order chi connectivity index (χ0) is 14.3. The minimum absolute atomic E-state index is 0.0204. The maximum Gasteiger partial charge on any atom is 0.241 e. The maximum absolute atomic E-state index is 11.9. The number of carbonyl (C=O) groups is 2. The molecule has 5 heteroatoms. The molecule has 0 aromatic carbocycles. The Balaban J connectivity index is 2.19. The van der Waals surface area contributed by atoms with Gasteiger partial charge in [-0.15, -0.1) is 0 Å². The predicted octanol–water partition coefficient (Wildman–Crippen LogP) is 0.607. The molecule has 0 bridgehead atoms. The lowest BCUT2D eigenvalue weighted by atomic mass is 10.1. The smallest absolute Gasteiger partial charge is 0.241 e. The Hall–Kier alpha value is -1.10. The van der Waals surface area contributed by atoms with Crippen molar-refractivity contribution >= 4 is 11.8 Å². The molecule has 1 atom stereocenters. The van der Waals surface area contributed by atoms with Gasteiger partial charge in [-0.1, -0.05) is 13.8 Å². The average molecular weight is 269 g/mol. The minimum atomic E-state index is -0.0204. The van der Waals surface area contributed by atoms with Gasteiger partial charge in [0.1, 0.15) is 0 Å². The van der Waals surface area contributed by atoms with Crippen LogP contribution in [0.4, 0.5) is 0 Å². The summed E-state index contributed by atoms with van der Waals surface area (Å²) in [6, 6.07) is 0. The van der Waals surface area contributed by atoms with E-state index < -0.39 is 0 Å². The van der Waals surface area contributed by atoms with Crippen molar-refractivity contribution in [1.82, 2.24) is 15.5 Å². The molecule has 0 radical (unpaired) electrons. The summed E-state index contributed by atoms with van der Waals surface area (Å²) in [5.74, 6) is 1.08. The Morgan fingerprint density at radius 2 is 2.11 bits per heavy atom. The molecular weight excluding hydrogens is 242 g/mol. The SMILES string of the molecule is CNCC1CCN(C(=O)CNC(=O)CCC(C)C)C1. The van der Waals surface area contributed by atoms with Crippen molar-refractivity contribution in [3.63, 3.8) is 0 Å². The van der Waals surface area contributed by atoms with Gasteiger partial charge < -0.3 is 15.5 Å². The number of hydrogen-bond acceptors (Lipinski definition) is 3. The van der Waals surface area contributed by atoms with E-state index in [2.05, 4.69) is 24.5 Å². The second-order valence-corrected chi connectivity index (χ2v) is 5.76. The van der Waals surface area contributed by atoms with Crippen molar-refractivity contribution in [2.45, 2.75) is 33.1 Å². The summed E-state index contributed by atoms with van der Waals surface area (Å²) in [4.78, 5) is 25.3. The summed E-state index contributed by atoms with van der Waals surface area (Å²) >= 11 is 0. The van der Waals surface area contributed by atoms with Gasteiger partial charge >= 0.3 is 0 Å². The van der Waals surface area contributed by atoms with Gasteiger partial charge in [0.25, 0.3) is 0 Å². The Labute approximate surface area is 116 Å². The van der Waals surface area contributed by atoms with E-state index in [0.29, 0.717) is 18.3 Å². The van der Waals surface area contributed by atoms with Gasteiger partial charge in [-0.05, 0) is 38.3 Å². The molecule has 2 amide bonds. The van der Waals surface area contributed by atoms with E-state index in [1.165, 1.54) is 0 Å². The molecule has 1 rings (SSSR count). The van der Waals surface area contributed by atoms with Gasteiger partial charge in [-0.2, -0.15) is 0 Å². The quantitative estimate of drug-likeness (QED) is 0.712. The van der Waals surface area contributed by atoms with E-state index in [9.17, 15) is 9.59 Å². The number of likely N-dealkylation sites (tertiary alicyclic amines) is 1. The molecule has 0 aliphatic carbocycles. The first kappa shape index (κ1) is 16.0. The Morgan fingerprint density at radius 3 is 2.74 bits per heavy atom. The summed E-state index contributed by atoms with van der Waals surface area (Å²) in [7, 11) is 1.93. The van der Waals surface area contributed by atoms with E-state index in [1.54, 1.807) is 0 Å². The van der Waals surface area contributed by atoms with Crippen LogP contribution in [0.25, 0.3) is 0 Å². The summed E-state index contributed by atoms with van der Waals surface area (Å²) in [5, 5.41) is 5.85. The van der Waals surface area contributed by atoms with Crippen LogP contribution in [0.3, 0.4) is 0 Å². The van der Waals surface area contributed by atoms with Crippen LogP contribution in [-0.4, -0.2) is 49.9 Å². The second-order valence-electron chi connectivity index (χ2n) is 5.76. The normalized spacial score (nSPS) is 18.9. The molecule has 1 fully saturated rings. The van der Waals surface area contributed by atoms with Crippen molar-refractivity contribution < 1.29 is 9.59 Å². The van der Waals surface area contributed by atoms with E-state index in [4.69, 9.17) is 0 Å². The zero-order valence-corrected chi connectivity index (χ0v) is 12.4. The van der Waals surface area contributed by atoms with Crippen LogP contribution in [0.2, 0.25) is 0 Å². The first-order valence-electron chi connectivity index (χ1n) is 7.22. The number of amides is 2. The maximum atomic E-state index is 11.9. The Kier molecular flexibility index (Phi) is 6.84. The van der Waals surface area contributed by atoms with Crippen LogP contribution in [0.1, 0.15) is 33.1 Å². The predicted molar refractivity (Wildman–Crippen MR) is 75.7 cm³/mol. The lowest BCUT2D eigenvalue weighted by molar-refractivity contribution is -0.132. The zero-order valence-electron chi connectivity index (χ0n) is 12.4. The molecule has 19 heavy (non-hydrogen) atoms. The summed E-state index contributed by atoms with van der Waals surface area (Å²) < 4.78 is 0. The molecule has 0 aromatic rings. The molecule has 1 heterocycles. The molecule has 0 saturated carbocycles. The first-order chi connectivity index (χ1) is 9.02. The van der Waals surface area contributed by atoms with Crippen LogP contribution in [0, 0.1) is 11.8 Å². The number of carbonyl (C=O) groups excluding carboxylic acids is 2. The lowest BCUT2D eigenvalue weighted by Gasteiger charge is -2.17. The van der Waals surface area contributed by atoms with Crippen LogP contribution in [0.15, 0.2) is 0 Å². The van der Waals surface area contributed by atoms with Gasteiger partial charge in [0.05, 0.1) is 6.54 Å². The van der Waals surface area contributed by atoms with Gasteiger partial charge in [0.15, 0.2) is 0 Å². The molecule has 0 aromatic heterocycles. The Morgan fingerprint density at radius 1 is 1.37 bits per heavy atom. The van der Waals surface area contributed by atoms with Gasteiger partial charge in [-0.25, -0.2) is 0 Å². The monoisotopic (exact) mass is 269 g/mol. The van der Waals surface area contributed by atoms with Gasteiger partial charge in [-0.3, -0.25) is 9.59 Å². The largest absolute Gasteiger partial charge is 0.347 e. The van der Waals surface area contributed by atoms with Crippen LogP contribution >= 0.6 is 0 Å². The third-order valence-corrected chi connectivity index (χ3v) is 3.52. The Bertz CT molecular complexity index is 305. The van der Waals surface area contributed by atoms with Crippen molar-refractivity contribution in [1.29, 1.82) is 0 Å². The standard InChI is InChI=1S/C14H27N3O2/c1-11(2)4-5-13(18)16-9-14(19)17-7-6-12(10-17)8-15-3/h11-12,15H,4-10H2,1-3H3,(H,16,18). The molecule has 1 aliphatic rings.